The van der Waals surface area contributed by atoms with Crippen LogP contribution in [0.15, 0.2) is 52.2 Å². The zero-order chi connectivity index (χ0) is 11.5. The number of benzene rings is 1. The van der Waals surface area contributed by atoms with E-state index in [9.17, 15) is 5.11 Å². The number of aliphatic hydroxyl groups excluding tert-OH is 1. The highest BCUT2D eigenvalue weighted by Crippen LogP contribution is 2.36. The monoisotopic (exact) mass is 233 g/mol. The van der Waals surface area contributed by atoms with Crippen LogP contribution in [-0.2, 0) is 6.54 Å². The molecule has 0 saturated carbocycles. The number of rotatable bonds is 2. The van der Waals surface area contributed by atoms with Crippen molar-refractivity contribution in [3.63, 3.8) is 0 Å². The summed E-state index contributed by atoms with van der Waals surface area (Å²) >= 11 is 1.58. The fourth-order valence-electron chi connectivity index (χ4n) is 1.67. The van der Waals surface area contributed by atoms with Crippen LogP contribution in [0, 0.1) is 0 Å². The molecule has 0 radical (unpaired) electrons. The molecular formula is C13H15NOS. The fourth-order valence-corrected chi connectivity index (χ4v) is 2.59. The molecule has 0 unspecified atom stereocenters. The van der Waals surface area contributed by atoms with Crippen LogP contribution < -0.4 is 0 Å². The van der Waals surface area contributed by atoms with Crippen molar-refractivity contribution in [2.45, 2.75) is 20.4 Å². The van der Waals surface area contributed by atoms with Crippen LogP contribution in [-0.4, -0.2) is 10.0 Å². The summed E-state index contributed by atoms with van der Waals surface area (Å²) in [6.45, 7) is 4.60. The van der Waals surface area contributed by atoms with E-state index in [0.717, 1.165) is 11.6 Å². The molecule has 3 heteroatoms. The summed E-state index contributed by atoms with van der Waals surface area (Å²) in [7, 11) is 0. The largest absolute Gasteiger partial charge is 0.510 e. The second-order valence-corrected chi connectivity index (χ2v) is 4.70. The van der Waals surface area contributed by atoms with Crippen molar-refractivity contribution in [3.05, 3.63) is 57.8 Å². The molecule has 1 aromatic carbocycles. The van der Waals surface area contributed by atoms with Gasteiger partial charge in [0.15, 0.2) is 0 Å². The standard InChI is InChI=1S/C13H15NOS/c1-10-9-16-13(11(2)15)14(10)8-12-6-4-3-5-7-12/h3-7,9,15H,8H2,1-2H3/b13-11+. The quantitative estimate of drug-likeness (QED) is 0.785. The number of nitrogens with zero attached hydrogens (tertiary/aromatic N) is 1. The first-order chi connectivity index (χ1) is 7.68. The van der Waals surface area contributed by atoms with Gasteiger partial charge in [-0.25, -0.2) is 0 Å². The van der Waals surface area contributed by atoms with E-state index >= 15 is 0 Å². The summed E-state index contributed by atoms with van der Waals surface area (Å²) in [6, 6.07) is 10.3. The van der Waals surface area contributed by atoms with Gasteiger partial charge in [-0.15, -0.1) is 0 Å². The van der Waals surface area contributed by atoms with Crippen LogP contribution in [0.3, 0.4) is 0 Å². The molecule has 2 rings (SSSR count). The number of aliphatic hydroxyl groups is 1. The van der Waals surface area contributed by atoms with Crippen LogP contribution in [0.1, 0.15) is 19.4 Å². The Balaban J connectivity index is 2.20. The Bertz CT molecular complexity index is 433. The molecule has 1 aliphatic rings. The minimum atomic E-state index is 0.383. The SMILES string of the molecule is CC1=CS/C(=C(\C)O)N1Cc1ccccc1. The highest BCUT2D eigenvalue weighted by Gasteiger charge is 2.20. The van der Waals surface area contributed by atoms with E-state index in [4.69, 9.17) is 0 Å². The molecule has 0 spiro atoms. The molecular weight excluding hydrogens is 218 g/mol. The first-order valence-electron chi connectivity index (χ1n) is 5.23. The van der Waals surface area contributed by atoms with Gasteiger partial charge in [-0.1, -0.05) is 42.1 Å². The molecule has 0 amide bonds. The van der Waals surface area contributed by atoms with E-state index < -0.39 is 0 Å². The van der Waals surface area contributed by atoms with Gasteiger partial charge in [0.05, 0.1) is 0 Å². The average molecular weight is 233 g/mol. The minimum Gasteiger partial charge on any atom is -0.510 e. The lowest BCUT2D eigenvalue weighted by Gasteiger charge is -2.21. The van der Waals surface area contributed by atoms with Crippen LogP contribution in [0.2, 0.25) is 0 Å². The fraction of sp³-hybridized carbons (Fsp3) is 0.231. The summed E-state index contributed by atoms with van der Waals surface area (Å²) < 4.78 is 0. The maximum atomic E-state index is 9.60. The van der Waals surface area contributed by atoms with Gasteiger partial charge in [-0.05, 0) is 24.8 Å². The van der Waals surface area contributed by atoms with Crippen LogP contribution >= 0.6 is 11.8 Å². The Morgan fingerprint density at radius 3 is 2.62 bits per heavy atom. The van der Waals surface area contributed by atoms with Gasteiger partial charge >= 0.3 is 0 Å². The molecule has 0 saturated heterocycles. The highest BCUT2D eigenvalue weighted by atomic mass is 32.2. The van der Waals surface area contributed by atoms with E-state index in [0.29, 0.717) is 5.76 Å². The zero-order valence-corrected chi connectivity index (χ0v) is 10.3. The van der Waals surface area contributed by atoms with E-state index in [-0.39, 0.29) is 0 Å². The molecule has 16 heavy (non-hydrogen) atoms. The van der Waals surface area contributed by atoms with E-state index in [1.807, 2.05) is 18.2 Å². The second kappa shape index (κ2) is 4.66. The van der Waals surface area contributed by atoms with E-state index in [1.165, 1.54) is 11.3 Å². The van der Waals surface area contributed by atoms with Gasteiger partial charge in [0.2, 0.25) is 0 Å². The minimum absolute atomic E-state index is 0.383. The number of thioether (sulfide) groups is 1. The Morgan fingerprint density at radius 2 is 2.00 bits per heavy atom. The highest BCUT2D eigenvalue weighted by molar-refractivity contribution is 8.06. The summed E-state index contributed by atoms with van der Waals surface area (Å²) in [5.41, 5.74) is 2.42. The molecule has 0 aromatic heterocycles. The first kappa shape index (κ1) is 11.1. The first-order valence-corrected chi connectivity index (χ1v) is 6.11. The number of hydrogen-bond acceptors (Lipinski definition) is 3. The van der Waals surface area contributed by atoms with Gasteiger partial charge in [0.1, 0.15) is 10.8 Å². The molecule has 1 aromatic rings. The lowest BCUT2D eigenvalue weighted by atomic mass is 10.2. The average Bonchev–Trinajstić information content (AvgIpc) is 2.62. The molecule has 1 N–H and O–H groups in total. The predicted molar refractivity (Wildman–Crippen MR) is 68.7 cm³/mol. The van der Waals surface area contributed by atoms with Gasteiger partial charge in [-0.3, -0.25) is 0 Å². The van der Waals surface area contributed by atoms with Crippen molar-refractivity contribution < 1.29 is 5.11 Å². The van der Waals surface area contributed by atoms with Crippen LogP contribution in [0.5, 0.6) is 0 Å². The van der Waals surface area contributed by atoms with Gasteiger partial charge in [0.25, 0.3) is 0 Å². The summed E-state index contributed by atoms with van der Waals surface area (Å²) in [4.78, 5) is 2.13. The summed E-state index contributed by atoms with van der Waals surface area (Å²) in [6.07, 6.45) is 0. The van der Waals surface area contributed by atoms with Gasteiger partial charge < -0.3 is 10.0 Å². The van der Waals surface area contributed by atoms with Crippen molar-refractivity contribution >= 4 is 11.8 Å². The molecule has 0 fully saturated rings. The maximum Gasteiger partial charge on any atom is 0.120 e. The number of allylic oxidation sites excluding steroid dienone is 2. The third-order valence-corrected chi connectivity index (χ3v) is 3.70. The zero-order valence-electron chi connectivity index (χ0n) is 9.47. The van der Waals surface area contributed by atoms with E-state index in [1.54, 1.807) is 18.7 Å². The van der Waals surface area contributed by atoms with Crippen molar-refractivity contribution in [1.29, 1.82) is 0 Å². The smallest absolute Gasteiger partial charge is 0.120 e. The van der Waals surface area contributed by atoms with E-state index in [2.05, 4.69) is 29.4 Å². The van der Waals surface area contributed by atoms with Crippen molar-refractivity contribution in [2.24, 2.45) is 0 Å². The molecule has 0 atom stereocenters. The molecule has 2 nitrogen and oxygen atoms in total. The third-order valence-electron chi connectivity index (χ3n) is 2.51. The Morgan fingerprint density at radius 1 is 1.31 bits per heavy atom. The molecule has 1 aliphatic heterocycles. The molecule has 0 bridgehead atoms. The molecule has 84 valence electrons. The van der Waals surface area contributed by atoms with Crippen LogP contribution in [0.25, 0.3) is 0 Å². The Kier molecular flexibility index (Phi) is 3.25. The Hall–Kier alpha value is -1.35. The maximum absolute atomic E-state index is 9.60. The lowest BCUT2D eigenvalue weighted by Crippen LogP contribution is -2.16. The molecule has 1 heterocycles. The van der Waals surface area contributed by atoms with Crippen molar-refractivity contribution in [2.75, 3.05) is 0 Å². The van der Waals surface area contributed by atoms with Crippen molar-refractivity contribution in [3.8, 4) is 0 Å². The normalized spacial score (nSPS) is 18.6. The van der Waals surface area contributed by atoms with Gasteiger partial charge in [-0.2, -0.15) is 0 Å². The van der Waals surface area contributed by atoms with Gasteiger partial charge in [0, 0.05) is 12.2 Å². The van der Waals surface area contributed by atoms with Crippen molar-refractivity contribution in [1.82, 2.24) is 4.90 Å². The predicted octanol–water partition coefficient (Wildman–Crippen LogP) is 3.84. The number of hydrogen-bond donors (Lipinski definition) is 1. The molecule has 0 aliphatic carbocycles. The lowest BCUT2D eigenvalue weighted by molar-refractivity contribution is 0.369. The second-order valence-electron chi connectivity index (χ2n) is 3.84. The summed E-state index contributed by atoms with van der Waals surface area (Å²) in [5, 5.41) is 12.6. The third kappa shape index (κ3) is 2.25. The van der Waals surface area contributed by atoms with Crippen LogP contribution in [0.4, 0.5) is 0 Å². The summed E-state index contributed by atoms with van der Waals surface area (Å²) in [5.74, 6) is 0.383. The topological polar surface area (TPSA) is 23.5 Å². The Labute approximate surface area is 100 Å².